The number of halogens is 2. The fourth-order valence-electron chi connectivity index (χ4n) is 1.53. The predicted octanol–water partition coefficient (Wildman–Crippen LogP) is 3.34. The summed E-state index contributed by atoms with van der Waals surface area (Å²) in [6.45, 7) is 0. The van der Waals surface area contributed by atoms with Crippen LogP contribution in [0, 0.1) is 0 Å². The number of aromatic nitrogens is 1. The van der Waals surface area contributed by atoms with Gasteiger partial charge < -0.3 is 10.4 Å². The monoisotopic (exact) mass is 310 g/mol. The van der Waals surface area contributed by atoms with Crippen molar-refractivity contribution in [3.63, 3.8) is 0 Å². The van der Waals surface area contributed by atoms with Gasteiger partial charge in [-0.25, -0.2) is 9.78 Å². The van der Waals surface area contributed by atoms with Gasteiger partial charge in [0.1, 0.15) is 5.15 Å². The van der Waals surface area contributed by atoms with Crippen molar-refractivity contribution in [2.75, 3.05) is 5.32 Å². The second-order valence-electron chi connectivity index (χ2n) is 3.79. The molecule has 0 saturated carbocycles. The molecule has 0 aliphatic carbocycles. The summed E-state index contributed by atoms with van der Waals surface area (Å²) in [7, 11) is 0. The lowest BCUT2D eigenvalue weighted by molar-refractivity contribution is 0.0698. The van der Waals surface area contributed by atoms with Crippen LogP contribution < -0.4 is 5.32 Å². The number of carbonyl (C=O) groups is 2. The van der Waals surface area contributed by atoms with Crippen LogP contribution in [0.3, 0.4) is 0 Å². The van der Waals surface area contributed by atoms with E-state index in [0.29, 0.717) is 0 Å². The first kappa shape index (κ1) is 14.3. The standard InChI is InChI=1S/C13H8Cl2N2O3/c14-9-3-1-2-8(13(19)20)11(9)17-12(18)7-4-5-10(15)16-6-7/h1-6H,(H,17,18)(H,19,20). The van der Waals surface area contributed by atoms with Crippen LogP contribution in [0.15, 0.2) is 36.5 Å². The predicted molar refractivity (Wildman–Crippen MR) is 75.6 cm³/mol. The van der Waals surface area contributed by atoms with E-state index in [1.54, 1.807) is 0 Å². The molecular weight excluding hydrogens is 303 g/mol. The van der Waals surface area contributed by atoms with E-state index in [1.165, 1.54) is 36.5 Å². The molecular formula is C13H8Cl2N2O3. The van der Waals surface area contributed by atoms with E-state index >= 15 is 0 Å². The lowest BCUT2D eigenvalue weighted by Gasteiger charge is -2.10. The summed E-state index contributed by atoms with van der Waals surface area (Å²) >= 11 is 11.5. The summed E-state index contributed by atoms with van der Waals surface area (Å²) < 4.78 is 0. The Kier molecular flexibility index (Phi) is 4.22. The molecule has 0 atom stereocenters. The van der Waals surface area contributed by atoms with Crippen LogP contribution >= 0.6 is 23.2 Å². The molecule has 20 heavy (non-hydrogen) atoms. The second-order valence-corrected chi connectivity index (χ2v) is 4.59. The number of benzene rings is 1. The van der Waals surface area contributed by atoms with Crippen molar-refractivity contribution < 1.29 is 14.7 Å². The molecule has 0 fully saturated rings. The topological polar surface area (TPSA) is 79.3 Å². The molecule has 2 rings (SSSR count). The van der Waals surface area contributed by atoms with Crippen molar-refractivity contribution in [3.8, 4) is 0 Å². The Morgan fingerprint density at radius 1 is 1.15 bits per heavy atom. The van der Waals surface area contributed by atoms with Crippen molar-refractivity contribution in [2.45, 2.75) is 0 Å². The van der Waals surface area contributed by atoms with Gasteiger partial charge in [-0.15, -0.1) is 0 Å². The van der Waals surface area contributed by atoms with Gasteiger partial charge in [0.15, 0.2) is 0 Å². The smallest absolute Gasteiger partial charge is 0.337 e. The van der Waals surface area contributed by atoms with E-state index in [1.807, 2.05) is 0 Å². The van der Waals surface area contributed by atoms with Gasteiger partial charge >= 0.3 is 5.97 Å². The maximum atomic E-state index is 12.0. The summed E-state index contributed by atoms with van der Waals surface area (Å²) in [6, 6.07) is 7.27. The summed E-state index contributed by atoms with van der Waals surface area (Å²) in [5, 5.41) is 11.9. The van der Waals surface area contributed by atoms with E-state index in [2.05, 4.69) is 10.3 Å². The van der Waals surface area contributed by atoms with Crippen LogP contribution in [0.25, 0.3) is 0 Å². The molecule has 1 heterocycles. The average molecular weight is 311 g/mol. The van der Waals surface area contributed by atoms with Gasteiger partial charge in [0.25, 0.3) is 5.91 Å². The quantitative estimate of drug-likeness (QED) is 0.852. The molecule has 7 heteroatoms. The van der Waals surface area contributed by atoms with Gasteiger partial charge in [0.05, 0.1) is 21.8 Å². The maximum absolute atomic E-state index is 12.0. The van der Waals surface area contributed by atoms with E-state index in [-0.39, 0.29) is 27.0 Å². The summed E-state index contributed by atoms with van der Waals surface area (Å²) in [5.41, 5.74) is 0.194. The van der Waals surface area contributed by atoms with E-state index in [0.717, 1.165) is 0 Å². The van der Waals surface area contributed by atoms with Crippen molar-refractivity contribution in [3.05, 3.63) is 57.8 Å². The SMILES string of the molecule is O=C(Nc1c(Cl)cccc1C(=O)O)c1ccc(Cl)nc1. The first-order chi connectivity index (χ1) is 9.49. The molecule has 2 N–H and O–H groups in total. The normalized spacial score (nSPS) is 10.1. The Balaban J connectivity index is 2.32. The number of nitrogens with one attached hydrogen (secondary N) is 1. The highest BCUT2D eigenvalue weighted by Crippen LogP contribution is 2.26. The van der Waals surface area contributed by atoms with Crippen molar-refractivity contribution in [1.82, 2.24) is 4.98 Å². The minimum absolute atomic E-state index is 0.0432. The van der Waals surface area contributed by atoms with E-state index in [4.69, 9.17) is 28.3 Å². The number of hydrogen-bond acceptors (Lipinski definition) is 3. The number of para-hydroxylation sites is 1. The second kappa shape index (κ2) is 5.90. The fraction of sp³-hybridized carbons (Fsp3) is 0. The molecule has 1 aromatic heterocycles. The molecule has 0 radical (unpaired) electrons. The summed E-state index contributed by atoms with van der Waals surface area (Å²) in [4.78, 5) is 26.9. The van der Waals surface area contributed by atoms with Gasteiger partial charge in [-0.3, -0.25) is 4.79 Å². The molecule has 5 nitrogen and oxygen atoms in total. The molecule has 0 spiro atoms. The minimum atomic E-state index is -1.18. The number of carboxylic acid groups (broad SMARTS) is 1. The number of carbonyl (C=O) groups excluding carboxylic acids is 1. The number of hydrogen-bond donors (Lipinski definition) is 2. The highest BCUT2D eigenvalue weighted by atomic mass is 35.5. The van der Waals surface area contributed by atoms with Gasteiger partial charge in [-0.1, -0.05) is 29.3 Å². The van der Waals surface area contributed by atoms with E-state index < -0.39 is 11.9 Å². The van der Waals surface area contributed by atoms with Crippen LogP contribution in [-0.2, 0) is 0 Å². The van der Waals surface area contributed by atoms with Gasteiger partial charge in [0, 0.05) is 6.20 Å². The zero-order valence-corrected chi connectivity index (χ0v) is 11.4. The summed E-state index contributed by atoms with van der Waals surface area (Å²) in [6.07, 6.45) is 1.29. The van der Waals surface area contributed by atoms with Crippen LogP contribution in [0.4, 0.5) is 5.69 Å². The molecule has 102 valence electrons. The van der Waals surface area contributed by atoms with E-state index in [9.17, 15) is 9.59 Å². The summed E-state index contributed by atoms with van der Waals surface area (Å²) in [5.74, 6) is -1.71. The third-order valence-corrected chi connectivity index (χ3v) is 3.01. The van der Waals surface area contributed by atoms with Crippen LogP contribution in [0.1, 0.15) is 20.7 Å². The lowest BCUT2D eigenvalue weighted by atomic mass is 10.1. The van der Waals surface area contributed by atoms with Crippen LogP contribution in [0.2, 0.25) is 10.2 Å². The first-order valence-corrected chi connectivity index (χ1v) is 6.19. The minimum Gasteiger partial charge on any atom is -0.478 e. The number of rotatable bonds is 3. The van der Waals surface area contributed by atoms with Crippen molar-refractivity contribution in [1.29, 1.82) is 0 Å². The Morgan fingerprint density at radius 3 is 2.50 bits per heavy atom. The third-order valence-electron chi connectivity index (χ3n) is 2.47. The van der Waals surface area contributed by atoms with Crippen LogP contribution in [-0.4, -0.2) is 22.0 Å². The van der Waals surface area contributed by atoms with Crippen molar-refractivity contribution >= 4 is 40.8 Å². The highest BCUT2D eigenvalue weighted by Gasteiger charge is 2.16. The molecule has 1 aromatic carbocycles. The Bertz CT molecular complexity index is 672. The first-order valence-electron chi connectivity index (χ1n) is 5.44. The number of amides is 1. The lowest BCUT2D eigenvalue weighted by Crippen LogP contribution is -2.15. The Hall–Kier alpha value is -2.11. The molecule has 1 amide bonds. The molecule has 0 unspecified atom stereocenters. The largest absolute Gasteiger partial charge is 0.478 e. The van der Waals surface area contributed by atoms with Gasteiger partial charge in [-0.2, -0.15) is 0 Å². The van der Waals surface area contributed by atoms with Gasteiger partial charge in [-0.05, 0) is 24.3 Å². The Morgan fingerprint density at radius 2 is 1.90 bits per heavy atom. The number of pyridine rings is 1. The molecule has 0 bridgehead atoms. The number of carboxylic acids is 1. The molecule has 2 aromatic rings. The number of nitrogens with zero attached hydrogens (tertiary/aromatic N) is 1. The zero-order chi connectivity index (χ0) is 14.7. The average Bonchev–Trinajstić information content (AvgIpc) is 2.41. The van der Waals surface area contributed by atoms with Gasteiger partial charge in [0.2, 0.25) is 0 Å². The Labute approximate surface area is 124 Å². The van der Waals surface area contributed by atoms with Crippen molar-refractivity contribution in [2.24, 2.45) is 0 Å². The molecule has 0 aliphatic heterocycles. The zero-order valence-electron chi connectivity index (χ0n) is 9.93. The highest BCUT2D eigenvalue weighted by molar-refractivity contribution is 6.35. The maximum Gasteiger partial charge on any atom is 0.337 e. The molecule has 0 saturated heterocycles. The molecule has 0 aliphatic rings. The number of aromatic carboxylic acids is 1. The van der Waals surface area contributed by atoms with Crippen LogP contribution in [0.5, 0.6) is 0 Å². The number of anilines is 1. The fourth-order valence-corrected chi connectivity index (χ4v) is 1.86. The third kappa shape index (κ3) is 3.07.